The molecule has 0 bridgehead atoms. The number of nitrogens with zero attached hydrogens (tertiary/aromatic N) is 1. The third kappa shape index (κ3) is 4.32. The zero-order valence-electron chi connectivity index (χ0n) is 10.9. The number of non-ortho nitro benzene ring substituents is 1. The van der Waals surface area contributed by atoms with E-state index in [1.54, 1.807) is 6.07 Å². The standard InChI is InChI=1S/C14H12ClFN2O3/c15-13-6-1-10(9-14(13)16)17-7-8-21-12-4-2-11(3-5-12)18(19)20/h1-6,9,17H,7-8H2. The van der Waals surface area contributed by atoms with Crippen LogP contribution in [0.1, 0.15) is 0 Å². The number of anilines is 1. The number of rotatable bonds is 6. The van der Waals surface area contributed by atoms with Crippen molar-refractivity contribution in [3.05, 3.63) is 63.4 Å². The number of ether oxygens (including phenoxy) is 1. The van der Waals surface area contributed by atoms with Crippen molar-refractivity contribution < 1.29 is 14.1 Å². The molecule has 0 aromatic heterocycles. The lowest BCUT2D eigenvalue weighted by Gasteiger charge is -2.09. The summed E-state index contributed by atoms with van der Waals surface area (Å²) in [7, 11) is 0. The molecule has 0 amide bonds. The van der Waals surface area contributed by atoms with Crippen LogP contribution in [-0.2, 0) is 0 Å². The zero-order chi connectivity index (χ0) is 15.2. The summed E-state index contributed by atoms with van der Waals surface area (Å²) < 4.78 is 18.6. The van der Waals surface area contributed by atoms with E-state index >= 15 is 0 Å². The van der Waals surface area contributed by atoms with E-state index in [1.165, 1.54) is 36.4 Å². The molecule has 0 fully saturated rings. The minimum Gasteiger partial charge on any atom is -0.492 e. The van der Waals surface area contributed by atoms with Crippen molar-refractivity contribution in [2.75, 3.05) is 18.5 Å². The molecule has 0 aliphatic rings. The molecule has 5 nitrogen and oxygen atoms in total. The third-order valence-electron chi connectivity index (χ3n) is 2.67. The lowest BCUT2D eigenvalue weighted by molar-refractivity contribution is -0.384. The van der Waals surface area contributed by atoms with Crippen molar-refractivity contribution in [1.29, 1.82) is 0 Å². The maximum Gasteiger partial charge on any atom is 0.269 e. The molecule has 0 spiro atoms. The summed E-state index contributed by atoms with van der Waals surface area (Å²) in [5, 5.41) is 13.5. The normalized spacial score (nSPS) is 10.2. The van der Waals surface area contributed by atoms with Crippen molar-refractivity contribution in [3.8, 4) is 5.75 Å². The first-order chi connectivity index (χ1) is 10.1. The topological polar surface area (TPSA) is 64.4 Å². The van der Waals surface area contributed by atoms with Crippen LogP contribution in [0.5, 0.6) is 5.75 Å². The highest BCUT2D eigenvalue weighted by atomic mass is 35.5. The number of nitrogens with one attached hydrogen (secondary N) is 1. The van der Waals surface area contributed by atoms with Crippen LogP contribution in [-0.4, -0.2) is 18.1 Å². The van der Waals surface area contributed by atoms with Gasteiger partial charge in [0.05, 0.1) is 9.95 Å². The van der Waals surface area contributed by atoms with Gasteiger partial charge < -0.3 is 10.1 Å². The molecule has 7 heteroatoms. The minimum atomic E-state index is -0.488. The summed E-state index contributed by atoms with van der Waals surface area (Å²) in [6.45, 7) is 0.792. The van der Waals surface area contributed by atoms with Gasteiger partial charge >= 0.3 is 0 Å². The maximum absolute atomic E-state index is 13.2. The van der Waals surface area contributed by atoms with Crippen molar-refractivity contribution >= 4 is 23.0 Å². The average Bonchev–Trinajstić information content (AvgIpc) is 2.47. The smallest absolute Gasteiger partial charge is 0.269 e. The molecule has 0 aliphatic carbocycles. The van der Waals surface area contributed by atoms with Crippen LogP contribution in [0.25, 0.3) is 0 Å². The van der Waals surface area contributed by atoms with Crippen LogP contribution in [0.3, 0.4) is 0 Å². The second-order valence-corrected chi connectivity index (χ2v) is 4.56. The number of benzene rings is 2. The van der Waals surface area contributed by atoms with Crippen molar-refractivity contribution in [2.24, 2.45) is 0 Å². The Hall–Kier alpha value is -2.34. The number of hydrogen-bond acceptors (Lipinski definition) is 4. The van der Waals surface area contributed by atoms with Crippen LogP contribution >= 0.6 is 11.6 Å². The molecule has 2 aromatic rings. The molecule has 1 N–H and O–H groups in total. The molecule has 0 aliphatic heterocycles. The second kappa shape index (κ2) is 6.90. The van der Waals surface area contributed by atoms with Crippen LogP contribution in [0.15, 0.2) is 42.5 Å². The highest BCUT2D eigenvalue weighted by molar-refractivity contribution is 6.30. The van der Waals surface area contributed by atoms with E-state index < -0.39 is 10.7 Å². The van der Waals surface area contributed by atoms with Crippen LogP contribution < -0.4 is 10.1 Å². The Bertz CT molecular complexity index is 635. The third-order valence-corrected chi connectivity index (χ3v) is 2.97. The number of nitro benzene ring substituents is 1. The van der Waals surface area contributed by atoms with Gasteiger partial charge in [-0.05, 0) is 30.3 Å². The number of halogens is 2. The molecule has 2 rings (SSSR count). The summed E-state index contributed by atoms with van der Waals surface area (Å²) >= 11 is 5.58. The Morgan fingerprint density at radius 3 is 2.57 bits per heavy atom. The Kier molecular flexibility index (Phi) is 4.94. The van der Waals surface area contributed by atoms with Gasteiger partial charge in [0.1, 0.15) is 18.2 Å². The van der Waals surface area contributed by atoms with Gasteiger partial charge in [-0.2, -0.15) is 0 Å². The molecule has 0 saturated heterocycles. The second-order valence-electron chi connectivity index (χ2n) is 4.16. The average molecular weight is 311 g/mol. The Morgan fingerprint density at radius 1 is 1.24 bits per heavy atom. The molecule has 0 saturated carbocycles. The van der Waals surface area contributed by atoms with Crippen molar-refractivity contribution in [3.63, 3.8) is 0 Å². The lowest BCUT2D eigenvalue weighted by atomic mass is 10.3. The highest BCUT2D eigenvalue weighted by Gasteiger charge is 2.04. The first-order valence-corrected chi connectivity index (χ1v) is 6.50. The van der Waals surface area contributed by atoms with Crippen molar-refractivity contribution in [1.82, 2.24) is 0 Å². The van der Waals surface area contributed by atoms with Gasteiger partial charge in [0, 0.05) is 24.4 Å². The predicted octanol–water partition coefficient (Wildman–Crippen LogP) is 3.88. The van der Waals surface area contributed by atoms with E-state index in [9.17, 15) is 14.5 Å². The largest absolute Gasteiger partial charge is 0.492 e. The van der Waals surface area contributed by atoms with E-state index in [0.29, 0.717) is 24.6 Å². The monoisotopic (exact) mass is 310 g/mol. The lowest BCUT2D eigenvalue weighted by Crippen LogP contribution is -2.11. The van der Waals surface area contributed by atoms with E-state index in [1.807, 2.05) is 0 Å². The Morgan fingerprint density at radius 2 is 1.95 bits per heavy atom. The molecule has 0 atom stereocenters. The van der Waals surface area contributed by atoms with E-state index in [0.717, 1.165) is 0 Å². The molecule has 110 valence electrons. The fourth-order valence-corrected chi connectivity index (χ4v) is 1.75. The highest BCUT2D eigenvalue weighted by Crippen LogP contribution is 2.19. The molecule has 2 aromatic carbocycles. The van der Waals surface area contributed by atoms with Gasteiger partial charge in [-0.1, -0.05) is 11.6 Å². The zero-order valence-corrected chi connectivity index (χ0v) is 11.6. The quantitative estimate of drug-likeness (QED) is 0.499. The van der Waals surface area contributed by atoms with Gasteiger partial charge in [-0.3, -0.25) is 10.1 Å². The van der Waals surface area contributed by atoms with Gasteiger partial charge in [-0.15, -0.1) is 0 Å². The van der Waals surface area contributed by atoms with Gasteiger partial charge in [-0.25, -0.2) is 4.39 Å². The van der Waals surface area contributed by atoms with Crippen LogP contribution in [0, 0.1) is 15.9 Å². The fraction of sp³-hybridized carbons (Fsp3) is 0.143. The number of nitro groups is 1. The summed E-state index contributed by atoms with van der Waals surface area (Å²) in [6.07, 6.45) is 0. The Balaban J connectivity index is 1.79. The van der Waals surface area contributed by atoms with Crippen LogP contribution in [0.4, 0.5) is 15.8 Å². The first-order valence-electron chi connectivity index (χ1n) is 6.12. The summed E-state index contributed by atoms with van der Waals surface area (Å²) in [4.78, 5) is 10.0. The SMILES string of the molecule is O=[N+]([O-])c1ccc(OCCNc2ccc(Cl)c(F)c2)cc1. The van der Waals surface area contributed by atoms with Crippen molar-refractivity contribution in [2.45, 2.75) is 0 Å². The van der Waals surface area contributed by atoms with Gasteiger partial charge in [0.2, 0.25) is 0 Å². The molecular formula is C14H12ClFN2O3. The van der Waals surface area contributed by atoms with Crippen LogP contribution in [0.2, 0.25) is 5.02 Å². The molecule has 0 heterocycles. The minimum absolute atomic E-state index is 0.0112. The van der Waals surface area contributed by atoms with Gasteiger partial charge in [0.15, 0.2) is 0 Å². The fourth-order valence-electron chi connectivity index (χ4n) is 1.63. The summed E-state index contributed by atoms with van der Waals surface area (Å²) in [5.74, 6) is 0.0441. The molecule has 0 unspecified atom stereocenters. The van der Waals surface area contributed by atoms with Gasteiger partial charge in [0.25, 0.3) is 5.69 Å². The van der Waals surface area contributed by atoms with E-state index in [-0.39, 0.29) is 10.7 Å². The van der Waals surface area contributed by atoms with E-state index in [2.05, 4.69) is 5.32 Å². The Labute approximate surface area is 125 Å². The molecular weight excluding hydrogens is 299 g/mol. The summed E-state index contributed by atoms with van der Waals surface area (Å²) in [5.41, 5.74) is 0.612. The van der Waals surface area contributed by atoms with E-state index in [4.69, 9.17) is 16.3 Å². The summed E-state index contributed by atoms with van der Waals surface area (Å²) in [6, 6.07) is 10.2. The molecule has 21 heavy (non-hydrogen) atoms. The maximum atomic E-state index is 13.2. The predicted molar refractivity (Wildman–Crippen MR) is 78.5 cm³/mol. The number of hydrogen-bond donors (Lipinski definition) is 1. The molecule has 0 radical (unpaired) electrons. The first kappa shape index (κ1) is 15.1.